The largest absolute Gasteiger partial charge is 0.493 e. The molecule has 0 fully saturated rings. The van der Waals surface area contributed by atoms with E-state index in [2.05, 4.69) is 15.6 Å². The Labute approximate surface area is 171 Å². The van der Waals surface area contributed by atoms with Crippen LogP contribution in [0.1, 0.15) is 20.7 Å². The molecule has 0 spiro atoms. The number of carbonyl (C=O) groups excluding carboxylic acids is 2. The van der Waals surface area contributed by atoms with Gasteiger partial charge in [-0.1, -0.05) is 6.07 Å². The summed E-state index contributed by atoms with van der Waals surface area (Å²) in [5.41, 5.74) is 4.13. The van der Waals surface area contributed by atoms with E-state index in [4.69, 9.17) is 4.74 Å². The van der Waals surface area contributed by atoms with Crippen LogP contribution in [0.5, 0.6) is 11.5 Å². The first kappa shape index (κ1) is 23.0. The Hall–Kier alpha value is -3.25. The van der Waals surface area contributed by atoms with Crippen molar-refractivity contribution >= 4 is 21.8 Å². The fourth-order valence-corrected chi connectivity index (χ4v) is 3.22. The summed E-state index contributed by atoms with van der Waals surface area (Å²) in [5, 5.41) is 0. The average Bonchev–Trinajstić information content (AvgIpc) is 2.71. The number of sulfonamides is 1. The number of carbonyl (C=O) groups is 2. The van der Waals surface area contributed by atoms with Gasteiger partial charge in [0.05, 0.1) is 12.0 Å². The standard InChI is InChI=1S/C18H19F2N3O6S/c1-23(2)30(26,27)13-6-4-5-11(9-13)16(24)21-22-17(25)12-7-8-14(28-3)15(10-12)29-18(19)20/h4-10,18H,1-3H3,(H,21,24)(H,22,25). The first-order valence-corrected chi connectivity index (χ1v) is 9.76. The van der Waals surface area contributed by atoms with Gasteiger partial charge in [0.15, 0.2) is 11.5 Å². The fourth-order valence-electron chi connectivity index (χ4n) is 2.27. The van der Waals surface area contributed by atoms with E-state index in [1.807, 2.05) is 0 Å². The summed E-state index contributed by atoms with van der Waals surface area (Å²) in [4.78, 5) is 24.4. The molecule has 2 rings (SSSR count). The molecule has 0 aliphatic carbocycles. The van der Waals surface area contributed by atoms with Crippen molar-refractivity contribution in [1.29, 1.82) is 0 Å². The molecule has 0 aliphatic rings. The molecule has 0 bridgehead atoms. The van der Waals surface area contributed by atoms with Gasteiger partial charge in [0, 0.05) is 25.2 Å². The molecule has 30 heavy (non-hydrogen) atoms. The maximum Gasteiger partial charge on any atom is 0.387 e. The number of halogens is 2. The van der Waals surface area contributed by atoms with Crippen molar-refractivity contribution in [1.82, 2.24) is 15.2 Å². The molecule has 2 N–H and O–H groups in total. The lowest BCUT2D eigenvalue weighted by Gasteiger charge is -2.13. The van der Waals surface area contributed by atoms with E-state index < -0.39 is 28.4 Å². The normalized spacial score (nSPS) is 11.3. The number of benzene rings is 2. The highest BCUT2D eigenvalue weighted by Crippen LogP contribution is 2.29. The summed E-state index contributed by atoms with van der Waals surface area (Å²) in [6.45, 7) is -3.12. The Morgan fingerprint density at radius 3 is 2.10 bits per heavy atom. The lowest BCUT2D eigenvalue weighted by atomic mass is 10.2. The highest BCUT2D eigenvalue weighted by atomic mass is 32.2. The van der Waals surface area contributed by atoms with Gasteiger partial charge in [-0.3, -0.25) is 20.4 Å². The van der Waals surface area contributed by atoms with E-state index in [1.165, 1.54) is 51.5 Å². The molecule has 0 unspecified atom stereocenters. The van der Waals surface area contributed by atoms with E-state index in [-0.39, 0.29) is 27.5 Å². The monoisotopic (exact) mass is 443 g/mol. The summed E-state index contributed by atoms with van der Waals surface area (Å²) in [6, 6.07) is 8.78. The number of rotatable bonds is 7. The van der Waals surface area contributed by atoms with Crippen LogP contribution in [0.3, 0.4) is 0 Å². The number of alkyl halides is 2. The van der Waals surface area contributed by atoms with Gasteiger partial charge in [0.25, 0.3) is 11.8 Å². The second kappa shape index (κ2) is 9.50. The maximum absolute atomic E-state index is 12.5. The Morgan fingerprint density at radius 1 is 0.967 bits per heavy atom. The van der Waals surface area contributed by atoms with E-state index in [0.29, 0.717) is 0 Å². The van der Waals surface area contributed by atoms with Crippen molar-refractivity contribution in [3.8, 4) is 11.5 Å². The van der Waals surface area contributed by atoms with E-state index in [1.54, 1.807) is 0 Å². The average molecular weight is 443 g/mol. The van der Waals surface area contributed by atoms with E-state index >= 15 is 0 Å². The summed E-state index contributed by atoms with van der Waals surface area (Å²) >= 11 is 0. The van der Waals surface area contributed by atoms with E-state index in [9.17, 15) is 26.8 Å². The van der Waals surface area contributed by atoms with Crippen molar-refractivity contribution < 1.29 is 36.3 Å². The third kappa shape index (κ3) is 5.42. The fraction of sp³-hybridized carbons (Fsp3) is 0.222. The van der Waals surface area contributed by atoms with Crippen LogP contribution in [0.25, 0.3) is 0 Å². The first-order chi connectivity index (χ1) is 14.1. The van der Waals surface area contributed by atoms with Gasteiger partial charge in [0.2, 0.25) is 10.0 Å². The molecule has 0 aromatic heterocycles. The lowest BCUT2D eigenvalue weighted by Crippen LogP contribution is -2.41. The minimum atomic E-state index is -3.75. The number of methoxy groups -OCH3 is 1. The molecule has 2 aromatic rings. The predicted octanol–water partition coefficient (Wildman–Crippen LogP) is 1.62. The predicted molar refractivity (Wildman–Crippen MR) is 102 cm³/mol. The SMILES string of the molecule is COc1ccc(C(=O)NNC(=O)c2cccc(S(=O)(=O)N(C)C)c2)cc1OC(F)F. The number of hydrogen-bond donors (Lipinski definition) is 2. The van der Waals surface area contributed by atoms with Gasteiger partial charge in [-0.05, 0) is 36.4 Å². The third-order valence-corrected chi connectivity index (χ3v) is 5.62. The number of nitrogens with one attached hydrogen (secondary N) is 2. The second-order valence-electron chi connectivity index (χ2n) is 5.97. The molecule has 12 heteroatoms. The molecule has 2 aromatic carbocycles. The summed E-state index contributed by atoms with van der Waals surface area (Å²) in [6.07, 6.45) is 0. The first-order valence-electron chi connectivity index (χ1n) is 8.32. The number of nitrogens with zero attached hydrogens (tertiary/aromatic N) is 1. The zero-order chi connectivity index (χ0) is 22.5. The van der Waals surface area contributed by atoms with Crippen molar-refractivity contribution in [3.63, 3.8) is 0 Å². The Morgan fingerprint density at radius 2 is 1.57 bits per heavy atom. The van der Waals surface area contributed by atoms with Gasteiger partial charge < -0.3 is 9.47 Å². The summed E-state index contributed by atoms with van der Waals surface area (Å²) in [5.74, 6) is -1.96. The molecule has 0 saturated heterocycles. The highest BCUT2D eigenvalue weighted by molar-refractivity contribution is 7.89. The van der Waals surface area contributed by atoms with Gasteiger partial charge in [-0.15, -0.1) is 0 Å². The van der Waals surface area contributed by atoms with E-state index in [0.717, 1.165) is 16.4 Å². The summed E-state index contributed by atoms with van der Waals surface area (Å²) in [7, 11) is 0.199. The van der Waals surface area contributed by atoms with Crippen molar-refractivity contribution in [3.05, 3.63) is 53.6 Å². The van der Waals surface area contributed by atoms with Crippen molar-refractivity contribution in [2.75, 3.05) is 21.2 Å². The Bertz CT molecular complexity index is 1040. The summed E-state index contributed by atoms with van der Waals surface area (Å²) < 4.78 is 59.5. The number of amides is 2. The molecular weight excluding hydrogens is 424 g/mol. The maximum atomic E-state index is 12.5. The van der Waals surface area contributed by atoms with Crippen LogP contribution in [0, 0.1) is 0 Å². The minimum Gasteiger partial charge on any atom is -0.493 e. The van der Waals surface area contributed by atoms with Gasteiger partial charge >= 0.3 is 6.61 Å². The number of hydrogen-bond acceptors (Lipinski definition) is 6. The molecule has 162 valence electrons. The zero-order valence-electron chi connectivity index (χ0n) is 16.2. The van der Waals surface area contributed by atoms with Crippen LogP contribution in [0.15, 0.2) is 47.4 Å². The van der Waals surface area contributed by atoms with Crippen LogP contribution in [0.2, 0.25) is 0 Å². The van der Waals surface area contributed by atoms with Crippen LogP contribution >= 0.6 is 0 Å². The number of hydrazine groups is 1. The molecule has 0 saturated carbocycles. The van der Waals surface area contributed by atoms with Gasteiger partial charge in [-0.2, -0.15) is 8.78 Å². The zero-order valence-corrected chi connectivity index (χ0v) is 17.0. The number of ether oxygens (including phenoxy) is 2. The smallest absolute Gasteiger partial charge is 0.387 e. The van der Waals surface area contributed by atoms with Crippen molar-refractivity contribution in [2.45, 2.75) is 11.5 Å². The Balaban J connectivity index is 2.12. The molecular formula is C18H19F2N3O6S. The quantitative estimate of drug-likeness (QED) is 0.629. The molecule has 2 amide bonds. The lowest BCUT2D eigenvalue weighted by molar-refractivity contribution is -0.0512. The molecule has 0 heterocycles. The van der Waals surface area contributed by atoms with Crippen LogP contribution < -0.4 is 20.3 Å². The van der Waals surface area contributed by atoms with Gasteiger partial charge in [0.1, 0.15) is 0 Å². The molecule has 9 nitrogen and oxygen atoms in total. The highest BCUT2D eigenvalue weighted by Gasteiger charge is 2.19. The molecule has 0 radical (unpaired) electrons. The second-order valence-corrected chi connectivity index (χ2v) is 8.12. The minimum absolute atomic E-state index is 0.00481. The molecule has 0 aliphatic heterocycles. The molecule has 0 atom stereocenters. The Kier molecular flexibility index (Phi) is 7.29. The van der Waals surface area contributed by atoms with Crippen molar-refractivity contribution in [2.24, 2.45) is 0 Å². The topological polar surface area (TPSA) is 114 Å². The third-order valence-electron chi connectivity index (χ3n) is 3.81. The van der Waals surface area contributed by atoms with Crippen LogP contribution in [-0.2, 0) is 10.0 Å². The van der Waals surface area contributed by atoms with Crippen LogP contribution in [0.4, 0.5) is 8.78 Å². The van der Waals surface area contributed by atoms with Gasteiger partial charge in [-0.25, -0.2) is 12.7 Å². The van der Waals surface area contributed by atoms with Crippen LogP contribution in [-0.4, -0.2) is 52.4 Å².